The van der Waals surface area contributed by atoms with E-state index in [0.717, 1.165) is 24.8 Å². The van der Waals surface area contributed by atoms with Crippen molar-refractivity contribution in [3.05, 3.63) is 65.2 Å². The van der Waals surface area contributed by atoms with Crippen LogP contribution in [-0.4, -0.2) is 10.2 Å². The van der Waals surface area contributed by atoms with E-state index in [9.17, 15) is 10.2 Å². The largest absolute Gasteiger partial charge is 0.508 e. The highest BCUT2D eigenvalue weighted by atomic mass is 16.3. The van der Waals surface area contributed by atoms with Gasteiger partial charge in [0, 0.05) is 0 Å². The maximum Gasteiger partial charge on any atom is 0.115 e. The summed E-state index contributed by atoms with van der Waals surface area (Å²) in [5.74, 6) is 0.606. The van der Waals surface area contributed by atoms with Crippen LogP contribution in [-0.2, 0) is 6.42 Å². The molecule has 0 saturated heterocycles. The molecule has 0 unspecified atom stereocenters. The van der Waals surface area contributed by atoms with E-state index >= 15 is 0 Å². The summed E-state index contributed by atoms with van der Waals surface area (Å²) in [6.45, 7) is 0. The third-order valence-electron chi connectivity index (χ3n) is 3.56. The monoisotopic (exact) mass is 252 g/mol. The number of allylic oxidation sites excluding steroid dienone is 1. The Morgan fingerprint density at radius 2 is 1.58 bits per heavy atom. The van der Waals surface area contributed by atoms with Crippen LogP contribution in [0.25, 0.3) is 5.57 Å². The van der Waals surface area contributed by atoms with Crippen molar-refractivity contribution in [1.29, 1.82) is 0 Å². The molecule has 2 aromatic rings. The molecule has 0 saturated carbocycles. The van der Waals surface area contributed by atoms with Gasteiger partial charge in [-0.05, 0) is 65.8 Å². The minimum absolute atomic E-state index is 0.281. The molecule has 2 aromatic carbocycles. The van der Waals surface area contributed by atoms with Gasteiger partial charge >= 0.3 is 0 Å². The first kappa shape index (κ1) is 11.8. The van der Waals surface area contributed by atoms with E-state index in [2.05, 4.69) is 6.08 Å². The van der Waals surface area contributed by atoms with Crippen LogP contribution < -0.4 is 0 Å². The third kappa shape index (κ3) is 2.34. The topological polar surface area (TPSA) is 40.5 Å². The van der Waals surface area contributed by atoms with E-state index in [1.54, 1.807) is 18.2 Å². The molecule has 96 valence electrons. The maximum absolute atomic E-state index is 9.62. The Morgan fingerprint density at radius 1 is 0.842 bits per heavy atom. The molecule has 0 radical (unpaired) electrons. The summed E-state index contributed by atoms with van der Waals surface area (Å²) in [4.78, 5) is 0. The average molecular weight is 252 g/mol. The van der Waals surface area contributed by atoms with Crippen molar-refractivity contribution in [2.24, 2.45) is 0 Å². The highest BCUT2D eigenvalue weighted by Gasteiger charge is 2.13. The molecule has 0 aromatic heterocycles. The van der Waals surface area contributed by atoms with Crippen molar-refractivity contribution in [3.63, 3.8) is 0 Å². The molecule has 3 rings (SSSR count). The van der Waals surface area contributed by atoms with Gasteiger partial charge in [0.1, 0.15) is 11.5 Å². The summed E-state index contributed by atoms with van der Waals surface area (Å²) in [6, 6.07) is 12.9. The van der Waals surface area contributed by atoms with Gasteiger partial charge in [-0.2, -0.15) is 0 Å². The highest BCUT2D eigenvalue weighted by molar-refractivity contribution is 5.82. The third-order valence-corrected chi connectivity index (χ3v) is 3.56. The normalized spacial score (nSPS) is 14.4. The standard InChI is InChI=1S/C17H16O2/c18-14-7-5-12(6-8-14)16-4-2-1-3-13-11-15(19)9-10-17(13)16/h4-11,18-19H,1-3H2. The molecule has 0 fully saturated rings. The fraction of sp³-hybridized carbons (Fsp3) is 0.176. The van der Waals surface area contributed by atoms with Crippen molar-refractivity contribution >= 4 is 5.57 Å². The fourth-order valence-electron chi connectivity index (χ4n) is 2.61. The lowest BCUT2D eigenvalue weighted by atomic mass is 9.93. The molecule has 19 heavy (non-hydrogen) atoms. The fourth-order valence-corrected chi connectivity index (χ4v) is 2.61. The first-order valence-electron chi connectivity index (χ1n) is 6.56. The van der Waals surface area contributed by atoms with Crippen LogP contribution in [0.4, 0.5) is 0 Å². The Kier molecular flexibility index (Phi) is 3.00. The summed E-state index contributed by atoms with van der Waals surface area (Å²) >= 11 is 0. The number of phenols is 2. The second-order valence-corrected chi connectivity index (χ2v) is 4.90. The van der Waals surface area contributed by atoms with E-state index in [0.29, 0.717) is 5.75 Å². The number of hydrogen-bond acceptors (Lipinski definition) is 2. The predicted octanol–water partition coefficient (Wildman–Crippen LogP) is 3.87. The zero-order chi connectivity index (χ0) is 13.2. The van der Waals surface area contributed by atoms with Crippen LogP contribution in [0.2, 0.25) is 0 Å². The smallest absolute Gasteiger partial charge is 0.115 e. The van der Waals surface area contributed by atoms with E-state index < -0.39 is 0 Å². The minimum Gasteiger partial charge on any atom is -0.508 e. The minimum atomic E-state index is 0.281. The molecule has 1 aliphatic carbocycles. The summed E-state index contributed by atoms with van der Waals surface area (Å²) in [5.41, 5.74) is 4.66. The Labute approximate surface area is 112 Å². The lowest BCUT2D eigenvalue weighted by molar-refractivity contribution is 0.474. The van der Waals surface area contributed by atoms with Gasteiger partial charge < -0.3 is 10.2 Å². The summed E-state index contributed by atoms with van der Waals surface area (Å²) in [6.07, 6.45) is 5.36. The number of aryl methyl sites for hydroxylation is 1. The van der Waals surface area contributed by atoms with E-state index in [4.69, 9.17) is 0 Å². The van der Waals surface area contributed by atoms with Gasteiger partial charge in [0.25, 0.3) is 0 Å². The summed E-state index contributed by atoms with van der Waals surface area (Å²) in [7, 11) is 0. The molecule has 1 aliphatic rings. The van der Waals surface area contributed by atoms with Crippen LogP contribution in [0.15, 0.2) is 48.5 Å². The van der Waals surface area contributed by atoms with Crippen LogP contribution >= 0.6 is 0 Å². The first-order valence-corrected chi connectivity index (χ1v) is 6.56. The van der Waals surface area contributed by atoms with Crippen molar-refractivity contribution in [2.45, 2.75) is 19.3 Å². The molecule has 2 N–H and O–H groups in total. The molecule has 2 heteroatoms. The maximum atomic E-state index is 9.62. The van der Waals surface area contributed by atoms with Crippen molar-refractivity contribution in [3.8, 4) is 11.5 Å². The number of phenolic OH excluding ortho intramolecular Hbond substituents is 2. The van der Waals surface area contributed by atoms with Crippen molar-refractivity contribution in [2.75, 3.05) is 0 Å². The second-order valence-electron chi connectivity index (χ2n) is 4.90. The zero-order valence-corrected chi connectivity index (χ0v) is 10.6. The van der Waals surface area contributed by atoms with Gasteiger partial charge in [-0.25, -0.2) is 0 Å². The Bertz CT molecular complexity index is 624. The van der Waals surface area contributed by atoms with Crippen molar-refractivity contribution < 1.29 is 10.2 Å². The lowest BCUT2D eigenvalue weighted by Gasteiger charge is -2.11. The van der Waals surface area contributed by atoms with Gasteiger partial charge in [0.05, 0.1) is 0 Å². The second kappa shape index (κ2) is 4.81. The average Bonchev–Trinajstić information content (AvgIpc) is 2.61. The van der Waals surface area contributed by atoms with E-state index in [1.165, 1.54) is 16.7 Å². The molecule has 0 heterocycles. The molecule has 0 amide bonds. The first-order chi connectivity index (χ1) is 9.24. The molecular formula is C17H16O2. The summed E-state index contributed by atoms with van der Waals surface area (Å²) < 4.78 is 0. The Hall–Kier alpha value is -2.22. The zero-order valence-electron chi connectivity index (χ0n) is 10.6. The molecule has 0 atom stereocenters. The number of hydrogen-bond donors (Lipinski definition) is 2. The molecule has 0 aliphatic heterocycles. The molecule has 0 bridgehead atoms. The van der Waals surface area contributed by atoms with E-state index in [-0.39, 0.29) is 5.75 Å². The van der Waals surface area contributed by atoms with Gasteiger partial charge in [0.2, 0.25) is 0 Å². The number of fused-ring (bicyclic) bond motifs is 1. The van der Waals surface area contributed by atoms with E-state index in [1.807, 2.05) is 24.3 Å². The van der Waals surface area contributed by atoms with Crippen LogP contribution in [0, 0.1) is 0 Å². The van der Waals surface area contributed by atoms with Crippen LogP contribution in [0.5, 0.6) is 11.5 Å². The van der Waals surface area contributed by atoms with Crippen molar-refractivity contribution in [1.82, 2.24) is 0 Å². The lowest BCUT2D eigenvalue weighted by Crippen LogP contribution is -1.93. The Morgan fingerprint density at radius 3 is 2.37 bits per heavy atom. The molecule has 2 nitrogen and oxygen atoms in total. The predicted molar refractivity (Wildman–Crippen MR) is 76.2 cm³/mol. The van der Waals surface area contributed by atoms with Gasteiger partial charge in [-0.3, -0.25) is 0 Å². The van der Waals surface area contributed by atoms with Crippen LogP contribution in [0.1, 0.15) is 29.5 Å². The summed E-state index contributed by atoms with van der Waals surface area (Å²) in [5, 5.41) is 19.0. The Balaban J connectivity index is 2.11. The molecule has 0 spiro atoms. The van der Waals surface area contributed by atoms with Crippen LogP contribution in [0.3, 0.4) is 0 Å². The number of aromatic hydroxyl groups is 2. The van der Waals surface area contributed by atoms with Gasteiger partial charge in [-0.1, -0.05) is 24.3 Å². The highest BCUT2D eigenvalue weighted by Crippen LogP contribution is 2.33. The number of benzene rings is 2. The van der Waals surface area contributed by atoms with Gasteiger partial charge in [-0.15, -0.1) is 0 Å². The van der Waals surface area contributed by atoms with Gasteiger partial charge in [0.15, 0.2) is 0 Å². The quantitative estimate of drug-likeness (QED) is 0.809. The number of rotatable bonds is 1. The molecular weight excluding hydrogens is 236 g/mol. The SMILES string of the molecule is Oc1ccc(C2=CCCCc3cc(O)ccc32)cc1.